The van der Waals surface area contributed by atoms with Gasteiger partial charge in [0.15, 0.2) is 5.96 Å². The molecule has 1 aromatic carbocycles. The molecular weight excluding hydrogens is 327 g/mol. The summed E-state index contributed by atoms with van der Waals surface area (Å²) in [5, 5.41) is 0. The number of nitrogens with two attached hydrogens (primary N) is 2. The molecule has 3 nitrogen and oxygen atoms in total. The fraction of sp³-hybridized carbons (Fsp3) is 0.300. The minimum Gasteiger partial charge on any atom is -0.370 e. The molecule has 0 amide bonds. The summed E-state index contributed by atoms with van der Waals surface area (Å²) in [6.45, 7) is 2.05. The molecule has 4 N–H and O–H groups in total. The van der Waals surface area contributed by atoms with E-state index in [1.165, 1.54) is 12.1 Å². The molecule has 1 aromatic rings. The lowest BCUT2D eigenvalue weighted by Crippen LogP contribution is -2.23. The third-order valence-electron chi connectivity index (χ3n) is 2.04. The van der Waals surface area contributed by atoms with E-state index in [9.17, 15) is 8.78 Å². The average Bonchev–Trinajstić information content (AvgIpc) is 2.14. The van der Waals surface area contributed by atoms with Crippen LogP contribution in [0.4, 0.5) is 8.78 Å². The van der Waals surface area contributed by atoms with Crippen molar-refractivity contribution in [3.63, 3.8) is 0 Å². The lowest BCUT2D eigenvalue weighted by atomic mass is 10.0. The third kappa shape index (κ3) is 4.30. The Kier molecular flexibility index (Phi) is 6.24. The first-order valence-electron chi connectivity index (χ1n) is 4.51. The molecule has 1 rings (SSSR count). The fourth-order valence-electron chi connectivity index (χ4n) is 1.24. The number of aliphatic imine (C=N–C) groups is 1. The summed E-state index contributed by atoms with van der Waals surface area (Å²) in [6.07, 6.45) is 0. The molecule has 1 atom stereocenters. The van der Waals surface area contributed by atoms with Crippen molar-refractivity contribution in [1.82, 2.24) is 0 Å². The Morgan fingerprint density at radius 1 is 1.38 bits per heavy atom. The normalized spacial score (nSPS) is 11.4. The monoisotopic (exact) mass is 341 g/mol. The van der Waals surface area contributed by atoms with E-state index in [0.29, 0.717) is 5.56 Å². The summed E-state index contributed by atoms with van der Waals surface area (Å²) in [5.74, 6) is -1.39. The molecule has 0 radical (unpaired) electrons. The second-order valence-electron chi connectivity index (χ2n) is 3.33. The Balaban J connectivity index is 0.00000225. The molecule has 0 spiro atoms. The van der Waals surface area contributed by atoms with E-state index in [-0.39, 0.29) is 42.4 Å². The van der Waals surface area contributed by atoms with Gasteiger partial charge in [-0.2, -0.15) is 0 Å². The zero-order valence-electron chi connectivity index (χ0n) is 8.78. The maximum absolute atomic E-state index is 13.3. The predicted octanol–water partition coefficient (Wildman–Crippen LogP) is 1.96. The molecule has 16 heavy (non-hydrogen) atoms. The molecule has 1 unspecified atom stereocenters. The number of nitrogens with zero attached hydrogens (tertiary/aromatic N) is 1. The first-order chi connectivity index (χ1) is 7.00. The highest BCUT2D eigenvalue weighted by atomic mass is 127. The maximum Gasteiger partial charge on any atom is 0.185 e. The predicted molar refractivity (Wildman–Crippen MR) is 70.9 cm³/mol. The molecule has 0 aliphatic carbocycles. The zero-order valence-corrected chi connectivity index (χ0v) is 11.1. The largest absolute Gasteiger partial charge is 0.370 e. The summed E-state index contributed by atoms with van der Waals surface area (Å²) < 4.78 is 25.9. The van der Waals surface area contributed by atoms with Crippen LogP contribution in [0.15, 0.2) is 23.2 Å². The van der Waals surface area contributed by atoms with Gasteiger partial charge < -0.3 is 11.5 Å². The highest BCUT2D eigenvalue weighted by molar-refractivity contribution is 14.0. The molecule has 0 bridgehead atoms. The number of rotatable bonds is 3. The van der Waals surface area contributed by atoms with Gasteiger partial charge in [0.2, 0.25) is 0 Å². The lowest BCUT2D eigenvalue weighted by molar-refractivity contribution is 0.560. The number of hydrogen-bond donors (Lipinski definition) is 2. The summed E-state index contributed by atoms with van der Waals surface area (Å²) in [7, 11) is 0. The van der Waals surface area contributed by atoms with Gasteiger partial charge in [0.1, 0.15) is 11.6 Å². The summed E-state index contributed by atoms with van der Waals surface area (Å²) in [4.78, 5) is 3.78. The van der Waals surface area contributed by atoms with Crippen molar-refractivity contribution in [1.29, 1.82) is 0 Å². The van der Waals surface area contributed by atoms with Crippen molar-refractivity contribution in [2.45, 2.75) is 12.8 Å². The van der Waals surface area contributed by atoms with Gasteiger partial charge in [-0.1, -0.05) is 13.0 Å². The van der Waals surface area contributed by atoms with Crippen LogP contribution in [0.1, 0.15) is 18.4 Å². The maximum atomic E-state index is 13.3. The minimum absolute atomic E-state index is 0. The number of guanidine groups is 1. The van der Waals surface area contributed by atoms with Crippen LogP contribution < -0.4 is 11.5 Å². The average molecular weight is 341 g/mol. The van der Waals surface area contributed by atoms with Gasteiger partial charge in [-0.3, -0.25) is 4.99 Å². The van der Waals surface area contributed by atoms with E-state index in [2.05, 4.69) is 4.99 Å². The van der Waals surface area contributed by atoms with Gasteiger partial charge in [-0.05, 0) is 11.6 Å². The van der Waals surface area contributed by atoms with Crippen LogP contribution in [-0.2, 0) is 0 Å². The van der Waals surface area contributed by atoms with Gasteiger partial charge in [-0.15, -0.1) is 24.0 Å². The molecule has 0 heterocycles. The second kappa shape index (κ2) is 6.62. The molecule has 90 valence electrons. The van der Waals surface area contributed by atoms with Crippen molar-refractivity contribution in [3.8, 4) is 0 Å². The Bertz CT molecular complexity index is 378. The highest BCUT2D eigenvalue weighted by Gasteiger charge is 2.11. The summed E-state index contributed by atoms with van der Waals surface area (Å²) in [6, 6.07) is 3.46. The van der Waals surface area contributed by atoms with Crippen molar-refractivity contribution < 1.29 is 8.78 Å². The van der Waals surface area contributed by atoms with Crippen LogP contribution >= 0.6 is 24.0 Å². The Labute approximate surface area is 110 Å². The molecule has 0 aromatic heterocycles. The van der Waals surface area contributed by atoms with Gasteiger partial charge in [0, 0.05) is 18.5 Å². The van der Waals surface area contributed by atoms with Crippen LogP contribution in [0.25, 0.3) is 0 Å². The summed E-state index contributed by atoms with van der Waals surface area (Å²) >= 11 is 0. The van der Waals surface area contributed by atoms with Crippen molar-refractivity contribution in [2.24, 2.45) is 16.5 Å². The second-order valence-corrected chi connectivity index (χ2v) is 3.33. The first kappa shape index (κ1) is 15.1. The van der Waals surface area contributed by atoms with Crippen LogP contribution in [0.5, 0.6) is 0 Å². The van der Waals surface area contributed by atoms with Crippen molar-refractivity contribution in [3.05, 3.63) is 35.4 Å². The number of hydrogen-bond acceptors (Lipinski definition) is 1. The van der Waals surface area contributed by atoms with Gasteiger partial charge >= 0.3 is 0 Å². The van der Waals surface area contributed by atoms with Gasteiger partial charge in [-0.25, -0.2) is 8.78 Å². The standard InChI is InChI=1S/C10H13F2N3.HI/c1-6(5-15-10(13)14)8-3-2-7(11)4-9(8)12;/h2-4,6H,5H2,1H3,(H4,13,14,15);1H. The molecule has 0 saturated carbocycles. The molecule has 0 aliphatic rings. The Morgan fingerprint density at radius 2 is 2.00 bits per heavy atom. The first-order valence-corrected chi connectivity index (χ1v) is 4.51. The highest BCUT2D eigenvalue weighted by Crippen LogP contribution is 2.19. The van der Waals surface area contributed by atoms with Crippen LogP contribution in [0.3, 0.4) is 0 Å². The minimum atomic E-state index is -0.592. The molecule has 0 fully saturated rings. The van der Waals surface area contributed by atoms with E-state index >= 15 is 0 Å². The van der Waals surface area contributed by atoms with Crippen LogP contribution in [0.2, 0.25) is 0 Å². The van der Waals surface area contributed by atoms with E-state index in [0.717, 1.165) is 6.07 Å². The molecular formula is C10H14F2IN3. The molecule has 6 heteroatoms. The van der Waals surface area contributed by atoms with E-state index in [1.807, 2.05) is 0 Å². The number of halogens is 3. The fourth-order valence-corrected chi connectivity index (χ4v) is 1.24. The quantitative estimate of drug-likeness (QED) is 0.502. The Hall–Kier alpha value is -0.920. The van der Waals surface area contributed by atoms with Crippen LogP contribution in [0, 0.1) is 11.6 Å². The van der Waals surface area contributed by atoms with E-state index in [1.54, 1.807) is 6.92 Å². The molecule has 0 saturated heterocycles. The zero-order chi connectivity index (χ0) is 11.4. The van der Waals surface area contributed by atoms with E-state index < -0.39 is 11.6 Å². The van der Waals surface area contributed by atoms with E-state index in [4.69, 9.17) is 11.5 Å². The SMILES string of the molecule is CC(CN=C(N)N)c1ccc(F)cc1F.I. The van der Waals surface area contributed by atoms with Gasteiger partial charge in [0.25, 0.3) is 0 Å². The topological polar surface area (TPSA) is 64.4 Å². The Morgan fingerprint density at radius 3 is 2.50 bits per heavy atom. The summed E-state index contributed by atoms with van der Waals surface area (Å²) in [5.41, 5.74) is 10.7. The van der Waals surface area contributed by atoms with Gasteiger partial charge in [0.05, 0.1) is 0 Å². The lowest BCUT2D eigenvalue weighted by Gasteiger charge is -2.10. The van der Waals surface area contributed by atoms with Crippen molar-refractivity contribution >= 4 is 29.9 Å². The third-order valence-corrected chi connectivity index (χ3v) is 2.04. The van der Waals surface area contributed by atoms with Crippen molar-refractivity contribution in [2.75, 3.05) is 6.54 Å². The molecule has 0 aliphatic heterocycles. The van der Waals surface area contributed by atoms with Crippen LogP contribution in [-0.4, -0.2) is 12.5 Å². The number of benzene rings is 1. The smallest absolute Gasteiger partial charge is 0.185 e.